The van der Waals surface area contributed by atoms with Crippen molar-refractivity contribution in [3.8, 4) is 0 Å². The predicted molar refractivity (Wildman–Crippen MR) is 81.2 cm³/mol. The first-order valence-electron chi connectivity index (χ1n) is 6.76. The van der Waals surface area contributed by atoms with E-state index in [0.717, 1.165) is 12.0 Å². The van der Waals surface area contributed by atoms with Crippen LogP contribution in [-0.4, -0.2) is 12.6 Å². The monoisotopic (exact) mass is 266 g/mol. The van der Waals surface area contributed by atoms with Gasteiger partial charge in [0.2, 0.25) is 0 Å². The lowest BCUT2D eigenvalue weighted by Crippen LogP contribution is -2.06. The van der Waals surface area contributed by atoms with Crippen LogP contribution in [0.15, 0.2) is 66.7 Å². The summed E-state index contributed by atoms with van der Waals surface area (Å²) in [4.78, 5) is 11.5. The highest BCUT2D eigenvalue weighted by atomic mass is 16.5. The van der Waals surface area contributed by atoms with Gasteiger partial charge in [0.05, 0.1) is 13.0 Å². The van der Waals surface area contributed by atoms with Crippen LogP contribution in [0.3, 0.4) is 0 Å². The van der Waals surface area contributed by atoms with E-state index in [4.69, 9.17) is 4.74 Å². The molecule has 102 valence electrons. The second-order valence-corrected chi connectivity index (χ2v) is 4.47. The zero-order chi connectivity index (χ0) is 14.0. The molecule has 2 aromatic carbocycles. The third-order valence-corrected chi connectivity index (χ3v) is 2.89. The SMILES string of the molecule is O=C(C/C=C/c1ccccc1)OCCc1ccccc1. The maximum Gasteiger partial charge on any atom is 0.309 e. The number of carbonyl (C=O) groups is 1. The molecular formula is C18H18O2. The van der Waals surface area contributed by atoms with Crippen LogP contribution in [0.4, 0.5) is 0 Å². The number of benzene rings is 2. The predicted octanol–water partition coefficient (Wildman–Crippen LogP) is 3.88. The highest BCUT2D eigenvalue weighted by Crippen LogP contribution is 2.03. The molecule has 0 amide bonds. The Morgan fingerprint density at radius 2 is 1.60 bits per heavy atom. The third-order valence-electron chi connectivity index (χ3n) is 2.89. The number of carbonyl (C=O) groups excluding carboxylic acids is 1. The standard InChI is InChI=1S/C18H18O2/c19-18(13-7-12-16-8-3-1-4-9-16)20-15-14-17-10-5-2-6-11-17/h1-12H,13-15H2/b12-7+. The minimum atomic E-state index is -0.187. The molecule has 2 aromatic rings. The summed E-state index contributed by atoms with van der Waals surface area (Å²) in [5.41, 5.74) is 2.27. The van der Waals surface area contributed by atoms with Gasteiger partial charge in [-0.2, -0.15) is 0 Å². The van der Waals surface area contributed by atoms with Gasteiger partial charge in [-0.15, -0.1) is 0 Å². The van der Waals surface area contributed by atoms with Crippen molar-refractivity contribution in [1.82, 2.24) is 0 Å². The first-order chi connectivity index (χ1) is 9.84. The smallest absolute Gasteiger partial charge is 0.309 e. The van der Waals surface area contributed by atoms with E-state index in [9.17, 15) is 4.79 Å². The normalized spacial score (nSPS) is 10.6. The fourth-order valence-electron chi connectivity index (χ4n) is 1.84. The fraction of sp³-hybridized carbons (Fsp3) is 0.167. The van der Waals surface area contributed by atoms with E-state index in [-0.39, 0.29) is 5.97 Å². The average molecular weight is 266 g/mol. The number of hydrogen-bond acceptors (Lipinski definition) is 2. The van der Waals surface area contributed by atoms with E-state index in [2.05, 4.69) is 0 Å². The number of hydrogen-bond donors (Lipinski definition) is 0. The molecule has 0 unspecified atom stereocenters. The maximum absolute atomic E-state index is 11.5. The highest BCUT2D eigenvalue weighted by Gasteiger charge is 1.99. The summed E-state index contributed by atoms with van der Waals surface area (Å²) in [5.74, 6) is -0.187. The maximum atomic E-state index is 11.5. The Kier molecular flexibility index (Phi) is 5.59. The minimum Gasteiger partial charge on any atom is -0.465 e. The van der Waals surface area contributed by atoms with Crippen LogP contribution < -0.4 is 0 Å². The Bertz CT molecular complexity index is 544. The van der Waals surface area contributed by atoms with Gasteiger partial charge in [-0.05, 0) is 11.1 Å². The first kappa shape index (κ1) is 14.1. The Labute approximate surface area is 119 Å². The summed E-state index contributed by atoms with van der Waals surface area (Å²) >= 11 is 0. The summed E-state index contributed by atoms with van der Waals surface area (Å²) in [6.45, 7) is 0.433. The molecule has 0 bridgehead atoms. The summed E-state index contributed by atoms with van der Waals surface area (Å²) in [6, 6.07) is 19.9. The van der Waals surface area contributed by atoms with E-state index in [1.165, 1.54) is 5.56 Å². The van der Waals surface area contributed by atoms with Gasteiger partial charge in [0, 0.05) is 6.42 Å². The molecule has 0 saturated heterocycles. The highest BCUT2D eigenvalue weighted by molar-refractivity contribution is 5.72. The molecule has 20 heavy (non-hydrogen) atoms. The van der Waals surface area contributed by atoms with Crippen molar-refractivity contribution >= 4 is 12.0 Å². The van der Waals surface area contributed by atoms with Gasteiger partial charge >= 0.3 is 5.97 Å². The van der Waals surface area contributed by atoms with Crippen molar-refractivity contribution in [2.45, 2.75) is 12.8 Å². The van der Waals surface area contributed by atoms with Crippen LogP contribution in [0.5, 0.6) is 0 Å². The molecular weight excluding hydrogens is 248 g/mol. The molecule has 0 spiro atoms. The lowest BCUT2D eigenvalue weighted by atomic mass is 10.2. The second kappa shape index (κ2) is 7.95. The van der Waals surface area contributed by atoms with Gasteiger partial charge in [-0.25, -0.2) is 0 Å². The molecule has 0 radical (unpaired) electrons. The number of ether oxygens (including phenoxy) is 1. The molecule has 0 atom stereocenters. The molecule has 2 nitrogen and oxygen atoms in total. The van der Waals surface area contributed by atoms with Crippen molar-refractivity contribution in [3.63, 3.8) is 0 Å². The molecule has 0 aromatic heterocycles. The largest absolute Gasteiger partial charge is 0.465 e. The van der Waals surface area contributed by atoms with E-state index >= 15 is 0 Å². The molecule has 2 heteroatoms. The molecule has 0 fully saturated rings. The Morgan fingerprint density at radius 3 is 2.30 bits per heavy atom. The quantitative estimate of drug-likeness (QED) is 0.742. The van der Waals surface area contributed by atoms with Gasteiger partial charge in [-0.1, -0.05) is 72.8 Å². The lowest BCUT2D eigenvalue weighted by Gasteiger charge is -2.03. The van der Waals surface area contributed by atoms with Crippen molar-refractivity contribution < 1.29 is 9.53 Å². The van der Waals surface area contributed by atoms with E-state index < -0.39 is 0 Å². The van der Waals surface area contributed by atoms with Crippen molar-refractivity contribution in [2.24, 2.45) is 0 Å². The van der Waals surface area contributed by atoms with Gasteiger partial charge < -0.3 is 4.74 Å². The summed E-state index contributed by atoms with van der Waals surface area (Å²) in [7, 11) is 0. The van der Waals surface area contributed by atoms with Crippen molar-refractivity contribution in [3.05, 3.63) is 77.9 Å². The Morgan fingerprint density at radius 1 is 0.950 bits per heavy atom. The van der Waals surface area contributed by atoms with E-state index in [1.54, 1.807) is 0 Å². The van der Waals surface area contributed by atoms with E-state index in [0.29, 0.717) is 13.0 Å². The van der Waals surface area contributed by atoms with Gasteiger partial charge in [0.25, 0.3) is 0 Å². The molecule has 2 rings (SSSR count). The number of esters is 1. The molecule has 0 heterocycles. The van der Waals surface area contributed by atoms with Crippen LogP contribution in [0.25, 0.3) is 6.08 Å². The fourth-order valence-corrected chi connectivity index (χ4v) is 1.84. The van der Waals surface area contributed by atoms with Crippen LogP contribution in [0, 0.1) is 0 Å². The molecule has 0 saturated carbocycles. The lowest BCUT2D eigenvalue weighted by molar-refractivity contribution is -0.142. The zero-order valence-electron chi connectivity index (χ0n) is 11.4. The summed E-state index contributed by atoms with van der Waals surface area (Å²) in [6.07, 6.45) is 4.83. The number of rotatable bonds is 6. The average Bonchev–Trinajstić information content (AvgIpc) is 2.49. The van der Waals surface area contributed by atoms with Gasteiger partial charge in [0.15, 0.2) is 0 Å². The Hall–Kier alpha value is -2.35. The minimum absolute atomic E-state index is 0.187. The summed E-state index contributed by atoms with van der Waals surface area (Å²) < 4.78 is 5.19. The van der Waals surface area contributed by atoms with Gasteiger partial charge in [0.1, 0.15) is 0 Å². The third kappa shape index (κ3) is 5.11. The second-order valence-electron chi connectivity index (χ2n) is 4.47. The van der Waals surface area contributed by atoms with Crippen LogP contribution in [-0.2, 0) is 16.0 Å². The molecule has 0 N–H and O–H groups in total. The molecule has 0 aliphatic carbocycles. The van der Waals surface area contributed by atoms with Crippen LogP contribution >= 0.6 is 0 Å². The van der Waals surface area contributed by atoms with E-state index in [1.807, 2.05) is 72.8 Å². The van der Waals surface area contributed by atoms with Crippen LogP contribution in [0.1, 0.15) is 17.5 Å². The molecule has 0 aliphatic heterocycles. The Balaban J connectivity index is 1.67. The van der Waals surface area contributed by atoms with Crippen molar-refractivity contribution in [1.29, 1.82) is 0 Å². The first-order valence-corrected chi connectivity index (χ1v) is 6.76. The topological polar surface area (TPSA) is 26.3 Å². The van der Waals surface area contributed by atoms with Crippen LogP contribution in [0.2, 0.25) is 0 Å². The van der Waals surface area contributed by atoms with Gasteiger partial charge in [-0.3, -0.25) is 4.79 Å². The molecule has 0 aliphatic rings. The van der Waals surface area contributed by atoms with Crippen molar-refractivity contribution in [2.75, 3.05) is 6.61 Å². The summed E-state index contributed by atoms with van der Waals surface area (Å²) in [5, 5.41) is 0. The zero-order valence-corrected chi connectivity index (χ0v) is 11.4.